The number of likely N-dealkylation sites (tertiary alicyclic amines) is 1. The molecule has 2 aliphatic rings. The Balaban J connectivity index is 1.58. The maximum Gasteiger partial charge on any atom is 0.253 e. The highest BCUT2D eigenvalue weighted by Crippen LogP contribution is 2.44. The fourth-order valence-electron chi connectivity index (χ4n) is 5.24. The number of nitrogens with zero attached hydrogens (tertiary/aromatic N) is 2. The van der Waals surface area contributed by atoms with Crippen LogP contribution in [0.4, 0.5) is 5.69 Å². The molecule has 2 heterocycles. The van der Waals surface area contributed by atoms with Gasteiger partial charge in [0.1, 0.15) is 0 Å². The highest BCUT2D eigenvalue weighted by Gasteiger charge is 2.36. The smallest absolute Gasteiger partial charge is 0.253 e. The van der Waals surface area contributed by atoms with Crippen molar-refractivity contribution in [3.8, 4) is 11.5 Å². The Morgan fingerprint density at radius 3 is 2.34 bits per heavy atom. The lowest BCUT2D eigenvalue weighted by Crippen LogP contribution is -2.41. The number of halogens is 1. The number of amides is 2. The third kappa shape index (κ3) is 5.10. The quantitative estimate of drug-likeness (QED) is 0.351. The molecule has 2 aliphatic heterocycles. The van der Waals surface area contributed by atoms with Gasteiger partial charge < -0.3 is 19.3 Å². The summed E-state index contributed by atoms with van der Waals surface area (Å²) in [4.78, 5) is 30.3. The van der Waals surface area contributed by atoms with Crippen molar-refractivity contribution < 1.29 is 19.1 Å². The van der Waals surface area contributed by atoms with Crippen molar-refractivity contribution in [2.24, 2.45) is 0 Å². The molecule has 0 spiro atoms. The average Bonchev–Trinajstić information content (AvgIpc) is 3.47. The van der Waals surface area contributed by atoms with Gasteiger partial charge in [-0.05, 0) is 91.4 Å². The summed E-state index contributed by atoms with van der Waals surface area (Å²) in [6.07, 6.45) is 3.18. The van der Waals surface area contributed by atoms with Gasteiger partial charge >= 0.3 is 0 Å². The molecule has 2 atom stereocenters. The van der Waals surface area contributed by atoms with Crippen molar-refractivity contribution in [2.45, 2.75) is 51.7 Å². The summed E-state index contributed by atoms with van der Waals surface area (Å²) in [5, 5.41) is 0.628. The first-order valence-electron chi connectivity index (χ1n) is 13.2. The molecule has 1 saturated heterocycles. The molecule has 2 amide bonds. The van der Waals surface area contributed by atoms with Gasteiger partial charge in [-0.2, -0.15) is 0 Å². The van der Waals surface area contributed by atoms with E-state index in [1.807, 2.05) is 77.4 Å². The number of fused-ring (bicyclic) bond motifs is 1. The van der Waals surface area contributed by atoms with E-state index in [2.05, 4.69) is 6.92 Å². The predicted molar refractivity (Wildman–Crippen MR) is 149 cm³/mol. The van der Waals surface area contributed by atoms with Gasteiger partial charge in [-0.15, -0.1) is 0 Å². The molecule has 5 rings (SSSR count). The molecule has 3 aromatic carbocycles. The van der Waals surface area contributed by atoms with Gasteiger partial charge in [-0.3, -0.25) is 9.59 Å². The fraction of sp³-hybridized carbons (Fsp3) is 0.355. The van der Waals surface area contributed by atoms with Gasteiger partial charge in [0.2, 0.25) is 5.91 Å². The van der Waals surface area contributed by atoms with Crippen molar-refractivity contribution in [3.63, 3.8) is 0 Å². The molecule has 0 bridgehead atoms. The van der Waals surface area contributed by atoms with E-state index in [-0.39, 0.29) is 24.3 Å². The van der Waals surface area contributed by atoms with Crippen LogP contribution in [0.25, 0.3) is 0 Å². The minimum atomic E-state index is -0.395. The Labute approximate surface area is 229 Å². The lowest BCUT2D eigenvalue weighted by molar-refractivity contribution is -0.118. The zero-order chi connectivity index (χ0) is 26.8. The Hall–Kier alpha value is -3.51. The van der Waals surface area contributed by atoms with E-state index in [0.29, 0.717) is 22.1 Å². The van der Waals surface area contributed by atoms with Gasteiger partial charge in [0.15, 0.2) is 11.5 Å². The molecule has 0 radical (unpaired) electrons. The van der Waals surface area contributed by atoms with Gasteiger partial charge in [-0.1, -0.05) is 30.7 Å². The summed E-state index contributed by atoms with van der Waals surface area (Å²) >= 11 is 6.22. The number of benzene rings is 3. The summed E-state index contributed by atoms with van der Waals surface area (Å²) in [6.45, 7) is 5.69. The average molecular weight is 533 g/mol. The standard InChI is InChI=1S/C31H33ClN2O4/c1-4-20(2)38-28-19-26-23(17-27(28)37-3)18-29(35)34(30(26)21-7-11-24(32)12-8-21)25-13-9-22(10-14-25)31(36)33-15-5-6-16-33/h7-14,17,19-20,30H,4-6,15-16,18H2,1-3H3/t20-,30?/m1/s1. The van der Waals surface area contributed by atoms with E-state index in [1.54, 1.807) is 7.11 Å². The van der Waals surface area contributed by atoms with E-state index < -0.39 is 6.04 Å². The highest BCUT2D eigenvalue weighted by atomic mass is 35.5. The fourth-order valence-corrected chi connectivity index (χ4v) is 5.37. The second kappa shape index (κ2) is 11.1. The van der Waals surface area contributed by atoms with Crippen molar-refractivity contribution in [1.82, 2.24) is 4.90 Å². The number of anilines is 1. The number of methoxy groups -OCH3 is 1. The third-order valence-electron chi connectivity index (χ3n) is 7.46. The molecule has 3 aromatic rings. The Morgan fingerprint density at radius 2 is 1.71 bits per heavy atom. The van der Waals surface area contributed by atoms with Gasteiger partial charge in [0.25, 0.3) is 5.91 Å². The number of carbonyl (C=O) groups is 2. The maximum atomic E-state index is 13.7. The molecule has 7 heteroatoms. The van der Waals surface area contributed by atoms with Crippen LogP contribution in [0.5, 0.6) is 11.5 Å². The summed E-state index contributed by atoms with van der Waals surface area (Å²) in [7, 11) is 1.61. The third-order valence-corrected chi connectivity index (χ3v) is 7.72. The van der Waals surface area contributed by atoms with Gasteiger partial charge in [0.05, 0.1) is 25.7 Å². The largest absolute Gasteiger partial charge is 0.493 e. The molecule has 0 aliphatic carbocycles. The number of hydrogen-bond acceptors (Lipinski definition) is 4. The molecule has 0 saturated carbocycles. The zero-order valence-electron chi connectivity index (χ0n) is 22.1. The molecule has 1 fully saturated rings. The number of rotatable bonds is 7. The molecule has 38 heavy (non-hydrogen) atoms. The Morgan fingerprint density at radius 1 is 1.03 bits per heavy atom. The van der Waals surface area contributed by atoms with Crippen LogP contribution in [0.3, 0.4) is 0 Å². The van der Waals surface area contributed by atoms with Crippen LogP contribution in [-0.4, -0.2) is 43.0 Å². The van der Waals surface area contributed by atoms with Gasteiger partial charge in [-0.25, -0.2) is 0 Å². The first-order chi connectivity index (χ1) is 18.4. The minimum absolute atomic E-state index is 0.0120. The second-order valence-corrected chi connectivity index (χ2v) is 10.4. The van der Waals surface area contributed by atoms with Crippen LogP contribution < -0.4 is 14.4 Å². The van der Waals surface area contributed by atoms with Crippen molar-refractivity contribution in [3.05, 3.63) is 87.9 Å². The van der Waals surface area contributed by atoms with E-state index >= 15 is 0 Å². The summed E-state index contributed by atoms with van der Waals surface area (Å²) in [5.74, 6) is 1.27. The van der Waals surface area contributed by atoms with E-state index in [9.17, 15) is 9.59 Å². The van der Waals surface area contributed by atoms with Crippen LogP contribution in [0.1, 0.15) is 66.2 Å². The molecule has 0 aromatic heterocycles. The van der Waals surface area contributed by atoms with E-state index in [4.69, 9.17) is 21.1 Å². The van der Waals surface area contributed by atoms with Crippen molar-refractivity contribution in [2.75, 3.05) is 25.1 Å². The molecule has 198 valence electrons. The summed E-state index contributed by atoms with van der Waals surface area (Å²) < 4.78 is 11.9. The van der Waals surface area contributed by atoms with Crippen molar-refractivity contribution >= 4 is 29.1 Å². The topological polar surface area (TPSA) is 59.1 Å². The van der Waals surface area contributed by atoms with Crippen LogP contribution in [0, 0.1) is 0 Å². The summed E-state index contributed by atoms with van der Waals surface area (Å²) in [6, 6.07) is 18.5. The van der Waals surface area contributed by atoms with Crippen LogP contribution in [-0.2, 0) is 11.2 Å². The number of hydrogen-bond donors (Lipinski definition) is 0. The summed E-state index contributed by atoms with van der Waals surface area (Å²) in [5.41, 5.74) is 4.18. The maximum absolute atomic E-state index is 13.7. The van der Waals surface area contributed by atoms with Gasteiger partial charge in [0, 0.05) is 29.4 Å². The zero-order valence-corrected chi connectivity index (χ0v) is 22.8. The van der Waals surface area contributed by atoms with Crippen LogP contribution >= 0.6 is 11.6 Å². The second-order valence-electron chi connectivity index (χ2n) is 9.98. The lowest BCUT2D eigenvalue weighted by Gasteiger charge is -2.38. The normalized spacial score (nSPS) is 17.8. The molecule has 6 nitrogen and oxygen atoms in total. The van der Waals surface area contributed by atoms with Crippen molar-refractivity contribution in [1.29, 1.82) is 0 Å². The monoisotopic (exact) mass is 532 g/mol. The van der Waals surface area contributed by atoms with E-state index in [0.717, 1.165) is 54.7 Å². The first kappa shape index (κ1) is 26.1. The SMILES string of the molecule is CC[C@@H](C)Oc1cc2c(cc1OC)CC(=O)N(c1ccc(C(=O)N3CCCC3)cc1)C2c1ccc(Cl)cc1. The Bertz CT molecular complexity index is 1320. The highest BCUT2D eigenvalue weighted by molar-refractivity contribution is 6.30. The number of ether oxygens (including phenoxy) is 2. The number of carbonyl (C=O) groups excluding carboxylic acids is 2. The molecule has 0 N–H and O–H groups in total. The minimum Gasteiger partial charge on any atom is -0.493 e. The van der Waals surface area contributed by atoms with Crippen LogP contribution in [0.15, 0.2) is 60.7 Å². The lowest BCUT2D eigenvalue weighted by atomic mass is 9.86. The van der Waals surface area contributed by atoms with Crippen LogP contribution in [0.2, 0.25) is 5.02 Å². The molecular weight excluding hydrogens is 500 g/mol. The predicted octanol–water partition coefficient (Wildman–Crippen LogP) is 6.44. The molecule has 1 unspecified atom stereocenters. The Kier molecular flexibility index (Phi) is 7.61. The first-order valence-corrected chi connectivity index (χ1v) is 13.6. The van der Waals surface area contributed by atoms with E-state index in [1.165, 1.54) is 0 Å². The molecular formula is C31H33ClN2O4.